The van der Waals surface area contributed by atoms with Gasteiger partial charge < -0.3 is 14.9 Å². The molecule has 0 aliphatic carbocycles. The lowest BCUT2D eigenvalue weighted by Gasteiger charge is -2.35. The van der Waals surface area contributed by atoms with Crippen LogP contribution in [-0.4, -0.2) is 22.4 Å². The highest BCUT2D eigenvalue weighted by Crippen LogP contribution is 2.37. The Morgan fingerprint density at radius 3 is 2.87 bits per heavy atom. The number of ether oxygens (including phenoxy) is 1. The van der Waals surface area contributed by atoms with E-state index in [1.54, 1.807) is 12.1 Å². The Labute approximate surface area is 89.3 Å². The normalized spacial score (nSPS) is 24.5. The molecule has 1 heterocycles. The average molecular weight is 208 g/mol. The molecule has 0 spiro atoms. The number of rotatable bonds is 1. The summed E-state index contributed by atoms with van der Waals surface area (Å²) in [6.07, 6.45) is 1.61. The lowest BCUT2D eigenvalue weighted by Crippen LogP contribution is -2.40. The third kappa shape index (κ3) is 1.79. The van der Waals surface area contributed by atoms with Crippen molar-refractivity contribution in [2.24, 2.45) is 0 Å². The van der Waals surface area contributed by atoms with Gasteiger partial charge in [0.1, 0.15) is 17.1 Å². The summed E-state index contributed by atoms with van der Waals surface area (Å²) in [6.45, 7) is 3.83. The third-order valence-electron chi connectivity index (χ3n) is 2.94. The molecule has 1 aliphatic heterocycles. The van der Waals surface area contributed by atoms with E-state index < -0.39 is 5.60 Å². The molecule has 0 saturated heterocycles. The predicted octanol–water partition coefficient (Wildman–Crippen LogP) is 1.78. The van der Waals surface area contributed by atoms with Gasteiger partial charge in [0, 0.05) is 0 Å². The van der Waals surface area contributed by atoms with Gasteiger partial charge in [-0.3, -0.25) is 0 Å². The van der Waals surface area contributed by atoms with Gasteiger partial charge in [0.2, 0.25) is 0 Å². The maximum absolute atomic E-state index is 9.45. The molecule has 1 unspecified atom stereocenters. The van der Waals surface area contributed by atoms with Crippen molar-refractivity contribution in [1.82, 2.24) is 0 Å². The number of aliphatic hydroxyl groups excluding tert-OH is 1. The van der Waals surface area contributed by atoms with Gasteiger partial charge in [0.05, 0.1) is 6.61 Å². The number of aliphatic hydroxyl groups is 1. The minimum absolute atomic E-state index is 0.0206. The van der Waals surface area contributed by atoms with Gasteiger partial charge in [-0.15, -0.1) is 0 Å². The Balaban J connectivity index is 2.42. The van der Waals surface area contributed by atoms with Gasteiger partial charge >= 0.3 is 0 Å². The molecule has 3 heteroatoms. The van der Waals surface area contributed by atoms with Crippen LogP contribution in [0.15, 0.2) is 12.1 Å². The summed E-state index contributed by atoms with van der Waals surface area (Å²) in [6, 6.07) is 3.42. The first-order chi connectivity index (χ1) is 7.04. The van der Waals surface area contributed by atoms with Crippen molar-refractivity contribution >= 4 is 0 Å². The van der Waals surface area contributed by atoms with Crippen LogP contribution in [0, 0.1) is 6.92 Å². The molecule has 1 aliphatic rings. The van der Waals surface area contributed by atoms with E-state index in [9.17, 15) is 10.2 Å². The fourth-order valence-electron chi connectivity index (χ4n) is 1.97. The summed E-state index contributed by atoms with van der Waals surface area (Å²) in [5, 5.41) is 18.7. The van der Waals surface area contributed by atoms with E-state index in [-0.39, 0.29) is 12.4 Å². The van der Waals surface area contributed by atoms with Crippen LogP contribution in [0.3, 0.4) is 0 Å². The van der Waals surface area contributed by atoms with E-state index in [4.69, 9.17) is 4.74 Å². The minimum atomic E-state index is -0.477. The molecular formula is C12H16O3. The number of phenols is 1. The summed E-state index contributed by atoms with van der Waals surface area (Å²) >= 11 is 0. The van der Waals surface area contributed by atoms with Gasteiger partial charge in [-0.05, 0) is 49.9 Å². The molecule has 0 amide bonds. The number of phenolic OH excluding ortho intramolecular Hbond substituents is 1. The Kier molecular flexibility index (Phi) is 2.35. The van der Waals surface area contributed by atoms with Crippen LogP contribution in [-0.2, 0) is 6.42 Å². The number of fused-ring (bicyclic) bond motifs is 1. The Morgan fingerprint density at radius 2 is 2.20 bits per heavy atom. The third-order valence-corrected chi connectivity index (χ3v) is 2.94. The second-order valence-corrected chi connectivity index (χ2v) is 4.46. The molecule has 3 nitrogen and oxygen atoms in total. The first kappa shape index (κ1) is 10.3. The van der Waals surface area contributed by atoms with Crippen molar-refractivity contribution in [2.45, 2.75) is 32.3 Å². The van der Waals surface area contributed by atoms with E-state index >= 15 is 0 Å². The van der Waals surface area contributed by atoms with Crippen molar-refractivity contribution in [3.63, 3.8) is 0 Å². The summed E-state index contributed by atoms with van der Waals surface area (Å²) in [5.74, 6) is 1.10. The minimum Gasteiger partial charge on any atom is -0.508 e. The van der Waals surface area contributed by atoms with Crippen LogP contribution in [0.25, 0.3) is 0 Å². The van der Waals surface area contributed by atoms with Crippen molar-refractivity contribution < 1.29 is 14.9 Å². The first-order valence-corrected chi connectivity index (χ1v) is 5.16. The highest BCUT2D eigenvalue weighted by molar-refractivity contribution is 5.47. The van der Waals surface area contributed by atoms with Crippen molar-refractivity contribution in [3.8, 4) is 11.5 Å². The van der Waals surface area contributed by atoms with Crippen LogP contribution < -0.4 is 4.74 Å². The number of aromatic hydroxyl groups is 1. The van der Waals surface area contributed by atoms with E-state index in [2.05, 4.69) is 0 Å². The van der Waals surface area contributed by atoms with E-state index in [0.717, 1.165) is 29.7 Å². The molecule has 2 N–H and O–H groups in total. The highest BCUT2D eigenvalue weighted by atomic mass is 16.5. The zero-order valence-corrected chi connectivity index (χ0v) is 9.08. The van der Waals surface area contributed by atoms with Gasteiger partial charge in [-0.2, -0.15) is 0 Å². The van der Waals surface area contributed by atoms with Crippen molar-refractivity contribution in [2.75, 3.05) is 6.61 Å². The number of hydrogen-bond acceptors (Lipinski definition) is 3. The van der Waals surface area contributed by atoms with Gasteiger partial charge in [0.15, 0.2) is 0 Å². The van der Waals surface area contributed by atoms with Crippen LogP contribution in [0.1, 0.15) is 24.5 Å². The predicted molar refractivity (Wildman–Crippen MR) is 57.3 cm³/mol. The fraction of sp³-hybridized carbons (Fsp3) is 0.500. The number of hydrogen-bond donors (Lipinski definition) is 2. The molecule has 0 aromatic heterocycles. The molecule has 1 atom stereocenters. The average Bonchev–Trinajstić information content (AvgIpc) is 2.20. The number of benzene rings is 1. The quantitative estimate of drug-likeness (QED) is 0.739. The van der Waals surface area contributed by atoms with Gasteiger partial charge in [-0.1, -0.05) is 0 Å². The summed E-state index contributed by atoms with van der Waals surface area (Å²) in [7, 11) is 0. The standard InChI is InChI=1S/C12H16O3/c1-8-5-10(14)6-9-3-4-12(2,7-13)15-11(8)9/h5-6,13-14H,3-4,7H2,1-2H3. The molecule has 0 radical (unpaired) electrons. The molecule has 82 valence electrons. The second-order valence-electron chi connectivity index (χ2n) is 4.46. The molecule has 0 saturated carbocycles. The molecule has 1 aromatic carbocycles. The maximum atomic E-state index is 9.45. The van der Waals surface area contributed by atoms with Crippen molar-refractivity contribution in [1.29, 1.82) is 0 Å². The smallest absolute Gasteiger partial charge is 0.129 e. The molecule has 0 bridgehead atoms. The van der Waals surface area contributed by atoms with Crippen molar-refractivity contribution in [3.05, 3.63) is 23.3 Å². The molecule has 2 rings (SSSR count). The zero-order chi connectivity index (χ0) is 11.1. The molecule has 1 aromatic rings. The van der Waals surface area contributed by atoms with Crippen LogP contribution >= 0.6 is 0 Å². The lowest BCUT2D eigenvalue weighted by atomic mass is 9.92. The SMILES string of the molecule is Cc1cc(O)cc2c1OC(C)(CO)CC2. The zero-order valence-electron chi connectivity index (χ0n) is 9.08. The van der Waals surface area contributed by atoms with E-state index in [1.165, 1.54) is 0 Å². The second kappa shape index (κ2) is 3.42. The highest BCUT2D eigenvalue weighted by Gasteiger charge is 2.31. The lowest BCUT2D eigenvalue weighted by molar-refractivity contribution is 0.00741. The Hall–Kier alpha value is -1.22. The van der Waals surface area contributed by atoms with E-state index in [0.29, 0.717) is 0 Å². The summed E-state index contributed by atoms with van der Waals surface area (Å²) < 4.78 is 5.79. The monoisotopic (exact) mass is 208 g/mol. The molecular weight excluding hydrogens is 192 g/mol. The van der Waals surface area contributed by atoms with Crippen LogP contribution in [0.4, 0.5) is 0 Å². The number of aryl methyl sites for hydroxylation is 2. The Morgan fingerprint density at radius 1 is 1.47 bits per heavy atom. The summed E-state index contributed by atoms with van der Waals surface area (Å²) in [5.41, 5.74) is 1.47. The first-order valence-electron chi connectivity index (χ1n) is 5.16. The largest absolute Gasteiger partial charge is 0.508 e. The van der Waals surface area contributed by atoms with Gasteiger partial charge in [-0.25, -0.2) is 0 Å². The van der Waals surface area contributed by atoms with E-state index in [1.807, 2.05) is 13.8 Å². The summed E-state index contributed by atoms with van der Waals surface area (Å²) in [4.78, 5) is 0. The van der Waals surface area contributed by atoms with Gasteiger partial charge in [0.25, 0.3) is 0 Å². The maximum Gasteiger partial charge on any atom is 0.129 e. The van der Waals surface area contributed by atoms with Crippen LogP contribution in [0.5, 0.6) is 11.5 Å². The molecule has 0 fully saturated rings. The Bertz CT molecular complexity index is 387. The topological polar surface area (TPSA) is 49.7 Å². The molecule has 15 heavy (non-hydrogen) atoms. The fourth-order valence-corrected chi connectivity index (χ4v) is 1.97. The van der Waals surface area contributed by atoms with Crippen LogP contribution in [0.2, 0.25) is 0 Å².